The van der Waals surface area contributed by atoms with E-state index >= 15 is 0 Å². The third kappa shape index (κ3) is 10.4. The van der Waals surface area contributed by atoms with Crippen molar-refractivity contribution in [1.82, 2.24) is 14.7 Å². The van der Waals surface area contributed by atoms with Crippen molar-refractivity contribution in [2.45, 2.75) is 167 Å². The number of fused-ring (bicyclic) bond motifs is 1. The molecule has 15 nitrogen and oxygen atoms in total. The number of carbonyl (C=O) groups excluding carboxylic acids is 4. The number of ether oxygens (including phenoxy) is 7. The highest BCUT2D eigenvalue weighted by Gasteiger charge is 2.61. The fourth-order valence-corrected chi connectivity index (χ4v) is 11.0. The number of hydrogen-bond acceptors (Lipinski definition) is 14. The third-order valence-corrected chi connectivity index (χ3v) is 14.9. The second kappa shape index (κ2) is 20.2. The second-order valence-corrected chi connectivity index (χ2v) is 19.9. The molecule has 1 aromatic carbocycles. The normalized spacial score (nSPS) is 38.9. The minimum Gasteiger partial charge on any atom is -0.468 e. The molecule has 4 heterocycles. The number of nitrogens with zero attached hydrogens (tertiary/aromatic N) is 3. The quantitative estimate of drug-likeness (QED) is 0.150. The Morgan fingerprint density at radius 3 is 2.31 bits per heavy atom. The highest BCUT2D eigenvalue weighted by atomic mass is 32.1. The second-order valence-electron chi connectivity index (χ2n) is 19.6. The van der Waals surface area contributed by atoms with Gasteiger partial charge in [-0.2, -0.15) is 0 Å². The lowest BCUT2D eigenvalue weighted by Gasteiger charge is -2.48. The Bertz CT molecular complexity index is 1860. The lowest BCUT2D eigenvalue weighted by Crippen LogP contribution is -2.61. The van der Waals surface area contributed by atoms with Crippen LogP contribution in [-0.4, -0.2) is 149 Å². The number of methoxy groups -OCH3 is 1. The zero-order valence-corrected chi connectivity index (χ0v) is 40.1. The number of carbonyl (C=O) groups is 4. The Morgan fingerprint density at radius 2 is 1.72 bits per heavy atom. The minimum absolute atomic E-state index is 0.0663. The van der Waals surface area contributed by atoms with Crippen molar-refractivity contribution in [3.05, 3.63) is 35.6 Å². The molecule has 5 aliphatic rings. The number of aliphatic hydroxyl groups excluding tert-OH is 1. The molecule has 358 valence electrons. The van der Waals surface area contributed by atoms with E-state index < -0.39 is 95.8 Å². The number of hydrogen-bond donors (Lipinski definition) is 1. The predicted molar refractivity (Wildman–Crippen MR) is 236 cm³/mol. The maximum Gasteiger partial charge on any atom is 0.418 e. The first-order chi connectivity index (χ1) is 30.1. The van der Waals surface area contributed by atoms with Gasteiger partial charge in [0.1, 0.15) is 36.5 Å². The van der Waals surface area contributed by atoms with Gasteiger partial charge in [0.2, 0.25) is 0 Å². The molecule has 0 unspecified atom stereocenters. The van der Waals surface area contributed by atoms with E-state index in [2.05, 4.69) is 4.90 Å². The van der Waals surface area contributed by atoms with E-state index in [0.29, 0.717) is 18.8 Å². The van der Waals surface area contributed by atoms with Gasteiger partial charge in [-0.25, -0.2) is 18.9 Å². The van der Waals surface area contributed by atoms with Gasteiger partial charge < -0.3 is 43.2 Å². The molecular weight excluding hydrogens is 850 g/mol. The molecule has 4 aliphatic heterocycles. The number of aliphatic hydroxyl groups is 1. The van der Waals surface area contributed by atoms with Crippen LogP contribution in [0.15, 0.2) is 24.3 Å². The lowest BCUT2D eigenvalue weighted by atomic mass is 9.73. The smallest absolute Gasteiger partial charge is 0.418 e. The van der Waals surface area contributed by atoms with Crippen LogP contribution in [0.5, 0.6) is 0 Å². The fourth-order valence-electron chi connectivity index (χ4n) is 10.7. The molecule has 64 heavy (non-hydrogen) atoms. The van der Waals surface area contributed by atoms with Gasteiger partial charge in [-0.05, 0) is 116 Å². The summed E-state index contributed by atoms with van der Waals surface area (Å²) in [5, 5.41) is 12.0. The number of amides is 2. The van der Waals surface area contributed by atoms with Crippen LogP contribution in [-0.2, 0) is 49.2 Å². The number of benzene rings is 1. The number of Topliss-reactive ketones (excluding diaryl/α,β-unsaturated/α-hetero) is 1. The highest BCUT2D eigenvalue weighted by molar-refractivity contribution is 7.80. The summed E-state index contributed by atoms with van der Waals surface area (Å²) in [5.74, 6) is -4.35. The summed E-state index contributed by atoms with van der Waals surface area (Å²) < 4.78 is 58.0. The van der Waals surface area contributed by atoms with Gasteiger partial charge in [-0.1, -0.05) is 39.8 Å². The van der Waals surface area contributed by atoms with Crippen LogP contribution in [0.4, 0.5) is 14.0 Å². The summed E-state index contributed by atoms with van der Waals surface area (Å²) in [6, 6.07) is 4.34. The van der Waals surface area contributed by atoms with Crippen LogP contribution < -0.4 is 0 Å². The summed E-state index contributed by atoms with van der Waals surface area (Å²) in [4.78, 5) is 62.7. The molecule has 5 fully saturated rings. The lowest BCUT2D eigenvalue weighted by molar-refractivity contribution is -0.302. The average molecular weight is 920 g/mol. The van der Waals surface area contributed by atoms with Crippen LogP contribution in [0.3, 0.4) is 0 Å². The van der Waals surface area contributed by atoms with Gasteiger partial charge in [0.15, 0.2) is 11.9 Å². The maximum atomic E-state index is 15.0. The molecule has 0 radical (unpaired) electrons. The molecule has 0 aromatic heterocycles. The van der Waals surface area contributed by atoms with Crippen molar-refractivity contribution in [1.29, 1.82) is 0 Å². The number of ketones is 1. The molecule has 17 heteroatoms. The van der Waals surface area contributed by atoms with E-state index in [1.54, 1.807) is 67.5 Å². The minimum atomic E-state index is -1.50. The molecule has 4 saturated heterocycles. The van der Waals surface area contributed by atoms with Gasteiger partial charge in [-0.3, -0.25) is 14.5 Å². The molecule has 6 rings (SSSR count). The molecule has 1 N–H and O–H groups in total. The molecule has 0 spiro atoms. The Kier molecular flexibility index (Phi) is 15.7. The average Bonchev–Trinajstić information content (AvgIpc) is 3.95. The van der Waals surface area contributed by atoms with Crippen LogP contribution >= 0.6 is 12.2 Å². The van der Waals surface area contributed by atoms with Gasteiger partial charge in [-0.15, -0.1) is 0 Å². The number of cyclic esters (lactones) is 1. The van der Waals surface area contributed by atoms with Crippen molar-refractivity contribution in [3.8, 4) is 0 Å². The zero-order chi connectivity index (χ0) is 47.0. The number of esters is 1. The zero-order valence-electron chi connectivity index (χ0n) is 39.3. The number of halogens is 1. The first-order valence-corrected chi connectivity index (χ1v) is 23.4. The third-order valence-electron chi connectivity index (χ3n) is 14.6. The Balaban J connectivity index is 1.42. The molecule has 2 amide bonds. The van der Waals surface area contributed by atoms with Crippen LogP contribution in [0.1, 0.15) is 100.0 Å². The molecule has 1 aliphatic carbocycles. The molecule has 1 aromatic rings. The molecule has 15 atom stereocenters. The van der Waals surface area contributed by atoms with Gasteiger partial charge in [0.05, 0.1) is 35.8 Å². The summed E-state index contributed by atoms with van der Waals surface area (Å²) in [5.41, 5.74) is -2.07. The Morgan fingerprint density at radius 1 is 1.05 bits per heavy atom. The van der Waals surface area contributed by atoms with E-state index in [1.165, 1.54) is 29.0 Å². The van der Waals surface area contributed by atoms with Gasteiger partial charge in [0.25, 0.3) is 5.17 Å². The fraction of sp³-hybridized carbons (Fsp3) is 0.766. The van der Waals surface area contributed by atoms with Crippen molar-refractivity contribution in [2.24, 2.45) is 29.6 Å². The van der Waals surface area contributed by atoms with Crippen molar-refractivity contribution in [3.63, 3.8) is 0 Å². The topological polar surface area (TPSA) is 163 Å². The number of thiocarbonyl (C=S) groups is 1. The van der Waals surface area contributed by atoms with E-state index in [1.807, 2.05) is 14.0 Å². The first-order valence-electron chi connectivity index (χ1n) is 23.0. The van der Waals surface area contributed by atoms with Crippen molar-refractivity contribution in [2.75, 3.05) is 33.9 Å². The van der Waals surface area contributed by atoms with Crippen molar-refractivity contribution < 1.29 is 61.8 Å². The largest absolute Gasteiger partial charge is 0.468 e. The standard InChI is InChI=1S/C47H70FN3O12S/c1-12-35-47(9)39(50(43(55)63-47)20-19-31-15-17-33(48)18-16-31)28(5)36(52)25(2)22-46(8,57-11)40(62-42-37(53)34(21-27(4)59-42)49(10)23-32-13-14-32)29(6)38(30(7)41(54)60-35)61-44(56)51-26(3)24-58-45(51)64/h15-18,25-30,32,34-35,37-40,42,53H,12-14,19-24H2,1-11H3/t25-,26+,27-,28+,29+,30-,34+,35-,37-,38+,39-,40-,42+,46+,47-/m1/s1. The van der Waals surface area contributed by atoms with E-state index in [-0.39, 0.29) is 54.9 Å². The SMILES string of the molecule is CC[C@H]1OC(=O)[C@H](C)[C@@H](OC(=O)N2C(=S)OC[C@@H]2C)[C@H](C)[C@@H](O[C@@H]2O[C@H](C)C[C@H](N(C)CC3CC3)[C@H]2O)[C@@](C)(OC)C[C@@H](C)C(=O)[C@H](C)[C@H]2N(CCc3ccc(F)cc3)C(=O)O[C@]12C. The van der Waals surface area contributed by atoms with Gasteiger partial charge >= 0.3 is 18.2 Å². The molecule has 1 saturated carbocycles. The monoisotopic (exact) mass is 919 g/mol. The summed E-state index contributed by atoms with van der Waals surface area (Å²) in [6.45, 7) is 17.0. The van der Waals surface area contributed by atoms with Gasteiger partial charge in [0, 0.05) is 44.0 Å². The first kappa shape index (κ1) is 49.9. The summed E-state index contributed by atoms with van der Waals surface area (Å²) >= 11 is 5.38. The Labute approximate surface area is 382 Å². The van der Waals surface area contributed by atoms with Crippen LogP contribution in [0.2, 0.25) is 0 Å². The maximum absolute atomic E-state index is 15.0. The number of rotatable bonds is 11. The number of likely N-dealkylation sites (N-methyl/N-ethyl adjacent to an activating group) is 1. The van der Waals surface area contributed by atoms with Crippen LogP contribution in [0, 0.1) is 35.4 Å². The molecular formula is C47H70FN3O12S. The van der Waals surface area contributed by atoms with E-state index in [4.69, 9.17) is 45.4 Å². The molecule has 0 bridgehead atoms. The van der Waals surface area contributed by atoms with E-state index in [9.17, 15) is 28.7 Å². The van der Waals surface area contributed by atoms with Crippen LogP contribution in [0.25, 0.3) is 0 Å². The van der Waals surface area contributed by atoms with Crippen molar-refractivity contribution >= 4 is 41.3 Å². The summed E-state index contributed by atoms with van der Waals surface area (Å²) in [7, 11) is 3.50. The highest BCUT2D eigenvalue weighted by Crippen LogP contribution is 2.44. The summed E-state index contributed by atoms with van der Waals surface area (Å²) in [6.07, 6.45) is -3.98. The predicted octanol–water partition coefficient (Wildman–Crippen LogP) is 6.29. The van der Waals surface area contributed by atoms with E-state index in [0.717, 1.165) is 24.9 Å². The Hall–Kier alpha value is -3.48.